The summed E-state index contributed by atoms with van der Waals surface area (Å²) in [5.74, 6) is 0.582. The molecule has 0 atom stereocenters. The van der Waals surface area contributed by atoms with Crippen molar-refractivity contribution < 1.29 is 12.8 Å². The fourth-order valence-corrected chi connectivity index (χ4v) is 3.41. The molecular weight excluding hydrogens is 281 g/mol. The summed E-state index contributed by atoms with van der Waals surface area (Å²) in [4.78, 5) is 6.06. The van der Waals surface area contributed by atoms with E-state index in [1.54, 1.807) is 0 Å². The number of hydrogen-bond acceptors (Lipinski definition) is 5. The van der Waals surface area contributed by atoms with Crippen LogP contribution in [0.4, 0.5) is 10.2 Å². The molecule has 1 N–H and O–H groups in total. The first-order chi connectivity index (χ1) is 9.52. The average Bonchev–Trinajstić information content (AvgIpc) is 2.40. The summed E-state index contributed by atoms with van der Waals surface area (Å²) in [6.07, 6.45) is 2.18. The zero-order valence-electron chi connectivity index (χ0n) is 11.6. The highest BCUT2D eigenvalue weighted by molar-refractivity contribution is 7.91. The fraction of sp³-hybridized carbons (Fsp3) is 0.615. The summed E-state index contributed by atoms with van der Waals surface area (Å²) in [6, 6.07) is 1.47. The van der Waals surface area contributed by atoms with E-state index in [9.17, 15) is 12.8 Å². The topological polar surface area (TPSA) is 62.3 Å². The number of nitrogens with zero attached hydrogens (tertiary/aromatic N) is 2. The summed E-state index contributed by atoms with van der Waals surface area (Å²) < 4.78 is 36.3. The Balaban J connectivity index is 2.14. The number of hydrogen-bond donors (Lipinski definition) is 1. The lowest BCUT2D eigenvalue weighted by Crippen LogP contribution is -2.41. The molecule has 1 saturated heterocycles. The minimum absolute atomic E-state index is 0.133. The van der Waals surface area contributed by atoms with Crippen LogP contribution in [-0.2, 0) is 16.4 Å². The van der Waals surface area contributed by atoms with E-state index >= 15 is 0 Å². The van der Waals surface area contributed by atoms with Crippen LogP contribution >= 0.6 is 0 Å². The second-order valence-corrected chi connectivity index (χ2v) is 7.26. The van der Waals surface area contributed by atoms with Crippen molar-refractivity contribution in [2.75, 3.05) is 36.0 Å². The van der Waals surface area contributed by atoms with Gasteiger partial charge in [0, 0.05) is 25.2 Å². The van der Waals surface area contributed by atoms with E-state index in [2.05, 4.69) is 17.2 Å². The number of halogens is 1. The first-order valence-corrected chi connectivity index (χ1v) is 8.64. The SMILES string of the molecule is CCCNCc1cc(F)cnc1N1CCS(=O)(=O)CC1. The molecule has 0 aromatic carbocycles. The van der Waals surface area contributed by atoms with Gasteiger partial charge < -0.3 is 10.2 Å². The second-order valence-electron chi connectivity index (χ2n) is 4.95. The summed E-state index contributed by atoms with van der Waals surface area (Å²) in [6.45, 7) is 4.29. The lowest BCUT2D eigenvalue weighted by atomic mass is 10.2. The maximum absolute atomic E-state index is 13.3. The molecular formula is C13H20FN3O2S. The largest absolute Gasteiger partial charge is 0.354 e. The minimum atomic E-state index is -2.92. The Hall–Kier alpha value is -1.21. The Morgan fingerprint density at radius 2 is 2.10 bits per heavy atom. The van der Waals surface area contributed by atoms with Crippen molar-refractivity contribution in [3.05, 3.63) is 23.6 Å². The first-order valence-electron chi connectivity index (χ1n) is 6.82. The Morgan fingerprint density at radius 3 is 2.75 bits per heavy atom. The molecule has 0 bridgehead atoms. The maximum atomic E-state index is 13.3. The van der Waals surface area contributed by atoms with Gasteiger partial charge in [-0.25, -0.2) is 17.8 Å². The van der Waals surface area contributed by atoms with Crippen LogP contribution in [0.1, 0.15) is 18.9 Å². The molecule has 0 aliphatic carbocycles. The van der Waals surface area contributed by atoms with Crippen LogP contribution in [-0.4, -0.2) is 44.5 Å². The van der Waals surface area contributed by atoms with Gasteiger partial charge in [0.2, 0.25) is 0 Å². The zero-order valence-corrected chi connectivity index (χ0v) is 12.4. The number of anilines is 1. The Morgan fingerprint density at radius 1 is 1.40 bits per heavy atom. The molecule has 1 aliphatic rings. The average molecular weight is 301 g/mol. The van der Waals surface area contributed by atoms with Gasteiger partial charge in [-0.05, 0) is 19.0 Å². The Bertz CT molecular complexity index is 549. The van der Waals surface area contributed by atoms with Gasteiger partial charge in [0.15, 0.2) is 9.84 Å². The van der Waals surface area contributed by atoms with Crippen LogP contribution in [0.5, 0.6) is 0 Å². The summed E-state index contributed by atoms with van der Waals surface area (Å²) in [7, 11) is -2.92. The van der Waals surface area contributed by atoms with E-state index in [0.717, 1.165) is 18.5 Å². The minimum Gasteiger partial charge on any atom is -0.354 e. The molecule has 0 radical (unpaired) electrons. The molecule has 2 heterocycles. The maximum Gasteiger partial charge on any atom is 0.153 e. The van der Waals surface area contributed by atoms with E-state index in [1.165, 1.54) is 12.3 Å². The van der Waals surface area contributed by atoms with Gasteiger partial charge in [-0.3, -0.25) is 0 Å². The lowest BCUT2D eigenvalue weighted by molar-refractivity contribution is 0.584. The molecule has 5 nitrogen and oxygen atoms in total. The quantitative estimate of drug-likeness (QED) is 0.821. The third-order valence-electron chi connectivity index (χ3n) is 3.30. The molecule has 1 aliphatic heterocycles. The van der Waals surface area contributed by atoms with Crippen molar-refractivity contribution in [2.45, 2.75) is 19.9 Å². The van der Waals surface area contributed by atoms with Crippen LogP contribution in [0.25, 0.3) is 0 Å². The Kier molecular flexibility index (Phi) is 4.93. The number of pyridine rings is 1. The van der Waals surface area contributed by atoms with Crippen LogP contribution < -0.4 is 10.2 Å². The molecule has 112 valence electrons. The van der Waals surface area contributed by atoms with Crippen molar-refractivity contribution in [1.82, 2.24) is 10.3 Å². The van der Waals surface area contributed by atoms with E-state index in [1.807, 2.05) is 4.90 Å². The van der Waals surface area contributed by atoms with E-state index in [0.29, 0.717) is 25.5 Å². The highest BCUT2D eigenvalue weighted by Gasteiger charge is 2.24. The summed E-state index contributed by atoms with van der Waals surface area (Å²) in [5.41, 5.74) is 0.776. The molecule has 0 amide bonds. The van der Waals surface area contributed by atoms with Gasteiger partial charge >= 0.3 is 0 Å². The van der Waals surface area contributed by atoms with Gasteiger partial charge in [0.05, 0.1) is 17.7 Å². The highest BCUT2D eigenvalue weighted by atomic mass is 32.2. The van der Waals surface area contributed by atoms with Crippen LogP contribution in [0, 0.1) is 5.82 Å². The van der Waals surface area contributed by atoms with Crippen molar-refractivity contribution in [1.29, 1.82) is 0 Å². The van der Waals surface area contributed by atoms with Crippen LogP contribution in [0.15, 0.2) is 12.3 Å². The van der Waals surface area contributed by atoms with E-state index in [4.69, 9.17) is 0 Å². The normalized spacial score (nSPS) is 18.2. The lowest BCUT2D eigenvalue weighted by Gasteiger charge is -2.29. The molecule has 7 heteroatoms. The van der Waals surface area contributed by atoms with E-state index in [-0.39, 0.29) is 17.3 Å². The van der Waals surface area contributed by atoms with Gasteiger partial charge in [-0.15, -0.1) is 0 Å². The predicted octanol–water partition coefficient (Wildman–Crippen LogP) is 0.955. The zero-order chi connectivity index (χ0) is 14.6. The van der Waals surface area contributed by atoms with Gasteiger partial charge in [0.25, 0.3) is 0 Å². The second kappa shape index (κ2) is 6.49. The molecule has 1 aromatic rings. The highest BCUT2D eigenvalue weighted by Crippen LogP contribution is 2.20. The standard InChI is InChI=1S/C13H20FN3O2S/c1-2-3-15-9-11-8-12(14)10-16-13(11)17-4-6-20(18,19)7-5-17/h8,10,15H,2-7,9H2,1H3. The van der Waals surface area contributed by atoms with Gasteiger partial charge in [-0.2, -0.15) is 0 Å². The molecule has 0 unspecified atom stereocenters. The molecule has 1 aromatic heterocycles. The van der Waals surface area contributed by atoms with Crippen molar-refractivity contribution in [3.63, 3.8) is 0 Å². The predicted molar refractivity (Wildman–Crippen MR) is 77.1 cm³/mol. The third-order valence-corrected chi connectivity index (χ3v) is 4.90. The summed E-state index contributed by atoms with van der Waals surface area (Å²) >= 11 is 0. The smallest absolute Gasteiger partial charge is 0.153 e. The number of sulfone groups is 1. The van der Waals surface area contributed by atoms with Gasteiger partial charge in [-0.1, -0.05) is 6.92 Å². The summed E-state index contributed by atoms with van der Waals surface area (Å²) in [5, 5.41) is 3.22. The van der Waals surface area contributed by atoms with Gasteiger partial charge in [0.1, 0.15) is 11.6 Å². The number of aromatic nitrogens is 1. The van der Waals surface area contributed by atoms with Crippen molar-refractivity contribution >= 4 is 15.7 Å². The number of rotatable bonds is 5. The first kappa shape index (κ1) is 15.2. The molecule has 1 fully saturated rings. The van der Waals surface area contributed by atoms with E-state index < -0.39 is 9.84 Å². The van der Waals surface area contributed by atoms with Crippen molar-refractivity contribution in [3.8, 4) is 0 Å². The monoisotopic (exact) mass is 301 g/mol. The number of nitrogens with one attached hydrogen (secondary N) is 1. The molecule has 0 spiro atoms. The molecule has 0 saturated carbocycles. The van der Waals surface area contributed by atoms with Crippen molar-refractivity contribution in [2.24, 2.45) is 0 Å². The van der Waals surface area contributed by atoms with Crippen LogP contribution in [0.3, 0.4) is 0 Å². The Labute approximate surface area is 119 Å². The molecule has 2 rings (SSSR count). The molecule has 20 heavy (non-hydrogen) atoms. The third kappa shape index (κ3) is 3.89. The fourth-order valence-electron chi connectivity index (χ4n) is 2.21. The van der Waals surface area contributed by atoms with Crippen LogP contribution in [0.2, 0.25) is 0 Å².